The number of nitrogens with zero attached hydrogens (tertiary/aromatic N) is 4. The molecule has 2 aromatic rings. The van der Waals surface area contributed by atoms with Crippen LogP contribution in [0.3, 0.4) is 0 Å². The van der Waals surface area contributed by atoms with Crippen molar-refractivity contribution in [2.75, 3.05) is 11.4 Å². The van der Waals surface area contributed by atoms with Crippen molar-refractivity contribution in [3.8, 4) is 0 Å². The minimum atomic E-state index is -1.29. The molecular formula is C17H20N4O3S. The molecule has 4 heterocycles. The summed E-state index contributed by atoms with van der Waals surface area (Å²) < 4.78 is 14.4. The number of aromatic nitrogens is 3. The molecule has 2 fully saturated rings. The zero-order valence-corrected chi connectivity index (χ0v) is 13.8. The second kappa shape index (κ2) is 5.81. The molecule has 132 valence electrons. The first-order chi connectivity index (χ1) is 11.6. The van der Waals surface area contributed by atoms with Crippen LogP contribution in [0, 0.1) is 0 Å². The largest absolute Gasteiger partial charge is 0.609 e. The van der Waals surface area contributed by atoms with Gasteiger partial charge in [-0.3, -0.25) is 14.2 Å². The van der Waals surface area contributed by atoms with E-state index in [0.29, 0.717) is 29.5 Å². The molecule has 3 aliphatic rings. The van der Waals surface area contributed by atoms with Gasteiger partial charge in [-0.15, -0.1) is 0 Å². The molecule has 1 aliphatic carbocycles. The summed E-state index contributed by atoms with van der Waals surface area (Å²) in [4.78, 5) is 35.6. The number of anilines is 1. The molecule has 0 radical (unpaired) electrons. The summed E-state index contributed by atoms with van der Waals surface area (Å²) in [6.45, 7) is 0.568. The lowest BCUT2D eigenvalue weighted by Gasteiger charge is -2.22. The number of amides is 1. The van der Waals surface area contributed by atoms with E-state index in [1.807, 2.05) is 0 Å². The Balaban J connectivity index is 0.00000157. The van der Waals surface area contributed by atoms with Gasteiger partial charge in [0.1, 0.15) is 10.9 Å². The van der Waals surface area contributed by atoms with Gasteiger partial charge in [0.25, 0.3) is 5.56 Å². The van der Waals surface area contributed by atoms with Gasteiger partial charge in [-0.05, 0) is 31.7 Å². The Morgan fingerprint density at radius 3 is 2.84 bits per heavy atom. The van der Waals surface area contributed by atoms with Crippen LogP contribution in [0.25, 0.3) is 11.0 Å². The molecule has 2 aliphatic heterocycles. The SMILES string of the molecule is C.O=C1CCCN1c1cc2cnc3nc2n(c1=O)C1CCCC1[S+]3[O-]. The van der Waals surface area contributed by atoms with E-state index in [4.69, 9.17) is 0 Å². The highest BCUT2D eigenvalue weighted by Gasteiger charge is 2.44. The predicted octanol–water partition coefficient (Wildman–Crippen LogP) is 1.77. The second-order valence-corrected chi connectivity index (χ2v) is 8.18. The molecule has 2 bridgehead atoms. The Labute approximate surface area is 148 Å². The zero-order chi connectivity index (χ0) is 16.4. The van der Waals surface area contributed by atoms with E-state index in [9.17, 15) is 14.1 Å². The van der Waals surface area contributed by atoms with Crippen LogP contribution in [-0.2, 0) is 16.0 Å². The fourth-order valence-corrected chi connectivity index (χ4v) is 5.71. The highest BCUT2D eigenvalue weighted by atomic mass is 32.2. The quantitative estimate of drug-likeness (QED) is 0.571. The van der Waals surface area contributed by atoms with Gasteiger partial charge >= 0.3 is 5.16 Å². The average molecular weight is 360 g/mol. The summed E-state index contributed by atoms with van der Waals surface area (Å²) in [7, 11) is 0. The topological polar surface area (TPSA) is 91.2 Å². The van der Waals surface area contributed by atoms with Crippen LogP contribution in [0.15, 0.2) is 22.2 Å². The number of hydrogen-bond donors (Lipinski definition) is 0. The number of carbonyl (C=O) groups excluding carboxylic acids is 1. The first-order valence-corrected chi connectivity index (χ1v) is 9.50. The van der Waals surface area contributed by atoms with Crippen molar-refractivity contribution in [3.05, 3.63) is 22.6 Å². The second-order valence-electron chi connectivity index (χ2n) is 6.62. The van der Waals surface area contributed by atoms with Crippen molar-refractivity contribution < 1.29 is 9.35 Å². The van der Waals surface area contributed by atoms with Gasteiger partial charge in [0.05, 0.1) is 6.04 Å². The molecule has 0 spiro atoms. The normalized spacial score (nSPS) is 27.5. The fourth-order valence-electron chi connectivity index (χ4n) is 4.18. The van der Waals surface area contributed by atoms with Crippen LogP contribution in [0.4, 0.5) is 5.69 Å². The number of fused-ring (bicyclic) bond motifs is 3. The molecule has 1 saturated carbocycles. The van der Waals surface area contributed by atoms with E-state index < -0.39 is 11.2 Å². The Kier molecular flexibility index (Phi) is 3.84. The number of carbonyl (C=O) groups is 1. The van der Waals surface area contributed by atoms with Crippen LogP contribution in [-0.4, -0.2) is 36.8 Å². The van der Waals surface area contributed by atoms with Crippen LogP contribution >= 0.6 is 0 Å². The van der Waals surface area contributed by atoms with Crippen molar-refractivity contribution in [2.24, 2.45) is 0 Å². The molecule has 25 heavy (non-hydrogen) atoms. The lowest BCUT2D eigenvalue weighted by atomic mass is 10.2. The molecule has 0 N–H and O–H groups in total. The molecule has 2 aromatic heterocycles. The first-order valence-electron chi connectivity index (χ1n) is 8.28. The maximum atomic E-state index is 13.2. The molecule has 1 amide bonds. The maximum Gasteiger partial charge on any atom is 0.345 e. The van der Waals surface area contributed by atoms with Crippen LogP contribution in [0.5, 0.6) is 0 Å². The standard InChI is InChI=1S/C16H16N4O3S.CH4/c21-13-5-2-6-19(13)11-7-9-8-17-16-18-14(9)20(15(11)22)10-3-1-4-12(10)24(16)23;/h7-8,10,12H,1-6H2;1H4. The third-order valence-electron chi connectivity index (χ3n) is 5.30. The average Bonchev–Trinajstić information content (AvgIpc) is 3.20. The summed E-state index contributed by atoms with van der Waals surface area (Å²) in [6.07, 6.45) is 5.41. The summed E-state index contributed by atoms with van der Waals surface area (Å²) in [5, 5.41) is 0.906. The van der Waals surface area contributed by atoms with Gasteiger partial charge < -0.3 is 9.45 Å². The minimum Gasteiger partial charge on any atom is -0.609 e. The predicted molar refractivity (Wildman–Crippen MR) is 95.2 cm³/mol. The van der Waals surface area contributed by atoms with Crippen molar-refractivity contribution in [2.45, 2.75) is 56.0 Å². The van der Waals surface area contributed by atoms with Crippen LogP contribution in [0.2, 0.25) is 0 Å². The van der Waals surface area contributed by atoms with Crippen LogP contribution in [0.1, 0.15) is 45.6 Å². The lowest BCUT2D eigenvalue weighted by Crippen LogP contribution is -2.37. The number of pyridine rings is 1. The molecule has 1 saturated heterocycles. The molecule has 3 unspecified atom stereocenters. The molecule has 7 nitrogen and oxygen atoms in total. The van der Waals surface area contributed by atoms with Crippen LogP contribution < -0.4 is 10.5 Å². The van der Waals surface area contributed by atoms with Gasteiger partial charge in [0.15, 0.2) is 5.65 Å². The number of rotatable bonds is 1. The van der Waals surface area contributed by atoms with Gasteiger partial charge in [-0.2, -0.15) is 9.97 Å². The molecular weight excluding hydrogens is 340 g/mol. The van der Waals surface area contributed by atoms with Gasteiger partial charge in [-0.1, -0.05) is 7.43 Å². The van der Waals surface area contributed by atoms with Gasteiger partial charge in [-0.25, -0.2) is 0 Å². The summed E-state index contributed by atoms with van der Waals surface area (Å²) in [5.74, 6) is -0.0167. The molecule has 3 atom stereocenters. The Morgan fingerprint density at radius 1 is 1.24 bits per heavy atom. The van der Waals surface area contributed by atoms with E-state index in [2.05, 4.69) is 9.97 Å². The zero-order valence-electron chi connectivity index (χ0n) is 13.0. The maximum absolute atomic E-state index is 13.2. The van der Waals surface area contributed by atoms with Crippen molar-refractivity contribution in [1.29, 1.82) is 0 Å². The van der Waals surface area contributed by atoms with Crippen molar-refractivity contribution in [1.82, 2.24) is 14.5 Å². The van der Waals surface area contributed by atoms with Crippen molar-refractivity contribution >= 4 is 33.8 Å². The fraction of sp³-hybridized carbons (Fsp3) is 0.529. The van der Waals surface area contributed by atoms with E-state index in [1.54, 1.807) is 21.7 Å². The summed E-state index contributed by atoms with van der Waals surface area (Å²) in [5.41, 5.74) is 0.751. The highest BCUT2D eigenvalue weighted by molar-refractivity contribution is 7.91. The van der Waals surface area contributed by atoms with Gasteiger partial charge in [0, 0.05) is 35.7 Å². The Bertz CT molecular complexity index is 928. The van der Waals surface area contributed by atoms with E-state index in [-0.39, 0.29) is 30.2 Å². The minimum absolute atomic E-state index is 0. The third-order valence-corrected chi connectivity index (χ3v) is 6.96. The lowest BCUT2D eigenvalue weighted by molar-refractivity contribution is -0.117. The molecule has 5 rings (SSSR count). The van der Waals surface area contributed by atoms with E-state index in [1.165, 1.54) is 0 Å². The summed E-state index contributed by atoms with van der Waals surface area (Å²) in [6, 6.07) is 1.58. The van der Waals surface area contributed by atoms with Gasteiger partial charge in [0.2, 0.25) is 5.91 Å². The smallest absolute Gasteiger partial charge is 0.345 e. The Morgan fingerprint density at radius 2 is 2.08 bits per heavy atom. The summed E-state index contributed by atoms with van der Waals surface area (Å²) >= 11 is -1.29. The highest BCUT2D eigenvalue weighted by Crippen LogP contribution is 2.40. The Hall–Kier alpha value is -1.93. The number of hydrogen-bond acceptors (Lipinski definition) is 5. The molecule has 0 aromatic carbocycles. The van der Waals surface area contributed by atoms with E-state index in [0.717, 1.165) is 31.1 Å². The monoisotopic (exact) mass is 360 g/mol. The third kappa shape index (κ3) is 2.23. The first kappa shape index (κ1) is 16.5. The molecule has 8 heteroatoms. The van der Waals surface area contributed by atoms with E-state index >= 15 is 0 Å². The van der Waals surface area contributed by atoms with Crippen molar-refractivity contribution in [3.63, 3.8) is 0 Å².